The van der Waals surface area contributed by atoms with Crippen LogP contribution in [0.2, 0.25) is 0 Å². The van der Waals surface area contributed by atoms with Crippen molar-refractivity contribution in [2.45, 2.75) is 118 Å². The zero-order chi connectivity index (χ0) is 23.3. The molecule has 1 unspecified atom stereocenters. The van der Waals surface area contributed by atoms with Crippen molar-refractivity contribution in [1.29, 1.82) is 0 Å². The predicted octanol–water partition coefficient (Wildman–Crippen LogP) is 7.97. The van der Waals surface area contributed by atoms with E-state index >= 15 is 0 Å². The summed E-state index contributed by atoms with van der Waals surface area (Å²) < 4.78 is 19.5. The van der Waals surface area contributed by atoms with Crippen LogP contribution in [0.25, 0.3) is 0 Å². The zero-order valence-corrected chi connectivity index (χ0v) is 21.3. The lowest BCUT2D eigenvalue weighted by Crippen LogP contribution is -2.46. The van der Waals surface area contributed by atoms with Gasteiger partial charge >= 0.3 is 5.97 Å². The first-order valence-corrected chi connectivity index (χ1v) is 13.2. The maximum atomic E-state index is 14.0. The average Bonchev–Trinajstić information content (AvgIpc) is 3.04. The summed E-state index contributed by atoms with van der Waals surface area (Å²) in [5.41, 5.74) is 2.81. The van der Waals surface area contributed by atoms with E-state index in [4.69, 9.17) is 4.74 Å². The van der Waals surface area contributed by atoms with Crippen LogP contribution in [0.4, 0.5) is 4.39 Å². The van der Waals surface area contributed by atoms with E-state index in [0.29, 0.717) is 29.6 Å². The number of fused-ring (bicyclic) bond motifs is 5. The summed E-state index contributed by atoms with van der Waals surface area (Å²) in [6, 6.07) is 0. The topological polar surface area (TPSA) is 26.3 Å². The molecule has 0 aromatic rings. The van der Waals surface area contributed by atoms with Gasteiger partial charge in [0.2, 0.25) is 0 Å². The van der Waals surface area contributed by atoms with Crippen molar-refractivity contribution >= 4 is 5.97 Å². The zero-order valence-electron chi connectivity index (χ0n) is 21.3. The number of halogens is 1. The smallest absolute Gasteiger partial charge is 0.302 e. The summed E-state index contributed by atoms with van der Waals surface area (Å²) in [6.07, 6.45) is 16.0. The van der Waals surface area contributed by atoms with Crippen molar-refractivity contribution in [3.05, 3.63) is 23.3 Å². The minimum Gasteiger partial charge on any atom is -0.462 e. The molecule has 3 saturated carbocycles. The fourth-order valence-corrected chi connectivity index (χ4v) is 8.33. The number of carbonyl (C=O) groups is 1. The average molecular weight is 445 g/mol. The van der Waals surface area contributed by atoms with E-state index in [1.807, 2.05) is 0 Å². The Hall–Kier alpha value is -1.12. The highest BCUT2D eigenvalue weighted by Crippen LogP contribution is 2.66. The lowest BCUT2D eigenvalue weighted by molar-refractivity contribution is -0.148. The highest BCUT2D eigenvalue weighted by molar-refractivity contribution is 5.66. The number of alkyl halides is 1. The third kappa shape index (κ3) is 4.34. The molecule has 0 radical (unpaired) electrons. The third-order valence-corrected chi connectivity index (χ3v) is 10.0. The largest absolute Gasteiger partial charge is 0.462 e. The van der Waals surface area contributed by atoms with E-state index in [1.54, 1.807) is 19.4 Å². The van der Waals surface area contributed by atoms with Crippen molar-refractivity contribution in [3.8, 4) is 0 Å². The van der Waals surface area contributed by atoms with Crippen molar-refractivity contribution in [2.24, 2.45) is 34.5 Å². The lowest BCUT2D eigenvalue weighted by atomic mass is 9.50. The van der Waals surface area contributed by atoms with Crippen molar-refractivity contribution in [2.75, 3.05) is 0 Å². The SMILES string of the molecule is CC(=O)OC1CC[C@@]2(C)C(=CC=C3[C@@H]4CC[C@H]([C@H](C)CCCC(C)(C)F)[C@@]4(C)CC[C@@H]32)C1. The number of allylic oxidation sites excluding steroid dienone is 3. The van der Waals surface area contributed by atoms with Gasteiger partial charge in [0.25, 0.3) is 0 Å². The number of rotatable bonds is 6. The van der Waals surface area contributed by atoms with Gasteiger partial charge in [-0.25, -0.2) is 4.39 Å². The fourth-order valence-electron chi connectivity index (χ4n) is 8.33. The van der Waals surface area contributed by atoms with Crippen LogP contribution in [0.15, 0.2) is 23.3 Å². The van der Waals surface area contributed by atoms with E-state index in [2.05, 4.69) is 32.9 Å². The van der Waals surface area contributed by atoms with Crippen LogP contribution >= 0.6 is 0 Å². The van der Waals surface area contributed by atoms with E-state index in [0.717, 1.165) is 38.0 Å². The maximum absolute atomic E-state index is 14.0. The van der Waals surface area contributed by atoms with Crippen LogP contribution in [0.5, 0.6) is 0 Å². The fraction of sp³-hybridized carbons (Fsp3) is 0.828. The monoisotopic (exact) mass is 444 g/mol. The molecule has 0 aliphatic heterocycles. The van der Waals surface area contributed by atoms with Gasteiger partial charge in [0, 0.05) is 13.3 Å². The molecule has 7 atom stereocenters. The molecule has 2 nitrogen and oxygen atoms in total. The highest BCUT2D eigenvalue weighted by Gasteiger charge is 2.57. The molecule has 0 N–H and O–H groups in total. The third-order valence-electron chi connectivity index (χ3n) is 10.0. The van der Waals surface area contributed by atoms with Gasteiger partial charge in [-0.3, -0.25) is 4.79 Å². The van der Waals surface area contributed by atoms with Crippen LogP contribution < -0.4 is 0 Å². The Labute approximate surface area is 195 Å². The molecule has 4 rings (SSSR count). The van der Waals surface area contributed by atoms with Crippen molar-refractivity contribution < 1.29 is 13.9 Å². The van der Waals surface area contributed by atoms with Crippen LogP contribution in [0, 0.1) is 34.5 Å². The Kier molecular flexibility index (Phi) is 6.44. The van der Waals surface area contributed by atoms with E-state index < -0.39 is 5.67 Å². The molecule has 180 valence electrons. The number of hydrogen-bond donors (Lipinski definition) is 0. The Morgan fingerprint density at radius 3 is 2.59 bits per heavy atom. The first kappa shape index (κ1) is 24.0. The van der Waals surface area contributed by atoms with Crippen molar-refractivity contribution in [1.82, 2.24) is 0 Å². The molecule has 0 amide bonds. The molecule has 3 fully saturated rings. The van der Waals surface area contributed by atoms with Gasteiger partial charge in [0.15, 0.2) is 0 Å². The quantitative estimate of drug-likeness (QED) is 0.388. The van der Waals surface area contributed by atoms with Gasteiger partial charge in [-0.15, -0.1) is 0 Å². The molecular formula is C29H45FO2. The molecule has 4 aliphatic carbocycles. The molecule has 4 aliphatic rings. The number of carbonyl (C=O) groups excluding carboxylic acids is 1. The molecule has 0 saturated heterocycles. The van der Waals surface area contributed by atoms with Gasteiger partial charge in [0.1, 0.15) is 11.8 Å². The standard InChI is InChI=1S/C29H45FO2/c1-19(8-7-15-27(3,4)30)24-11-12-25-23-10-9-21-18-22(32-20(2)31)13-16-28(21,5)26(23)14-17-29(24,25)6/h9-10,19,22,24-26H,7-8,11-18H2,1-6H3/t19-,22?,24-,25+,26+,28+,29-/m1/s1. The normalized spacial score (nSPS) is 39.8. The van der Waals surface area contributed by atoms with Gasteiger partial charge in [-0.05, 0) is 93.3 Å². The number of hydrogen-bond acceptors (Lipinski definition) is 2. The summed E-state index contributed by atoms with van der Waals surface area (Å²) in [5, 5.41) is 0. The second-order valence-electron chi connectivity index (χ2n) is 12.7. The van der Waals surface area contributed by atoms with Crippen molar-refractivity contribution in [3.63, 3.8) is 0 Å². The maximum Gasteiger partial charge on any atom is 0.302 e. The molecule has 0 aromatic heterocycles. The summed E-state index contributed by atoms with van der Waals surface area (Å²) >= 11 is 0. The summed E-state index contributed by atoms with van der Waals surface area (Å²) in [5.74, 6) is 2.64. The minimum absolute atomic E-state index is 0.0571. The molecule has 0 aromatic carbocycles. The van der Waals surface area contributed by atoms with Gasteiger partial charge < -0.3 is 4.74 Å². The van der Waals surface area contributed by atoms with Gasteiger partial charge in [-0.2, -0.15) is 0 Å². The Bertz CT molecular complexity index is 789. The van der Waals surface area contributed by atoms with Crippen LogP contribution in [-0.4, -0.2) is 17.7 Å². The molecule has 0 bridgehead atoms. The summed E-state index contributed by atoms with van der Waals surface area (Å²) in [4.78, 5) is 11.5. The summed E-state index contributed by atoms with van der Waals surface area (Å²) in [6.45, 7) is 12.4. The Morgan fingerprint density at radius 1 is 1.16 bits per heavy atom. The molecular weight excluding hydrogens is 399 g/mol. The van der Waals surface area contributed by atoms with E-state index in [9.17, 15) is 9.18 Å². The molecule has 0 heterocycles. The molecule has 0 spiro atoms. The van der Waals surface area contributed by atoms with Gasteiger partial charge in [-0.1, -0.05) is 56.9 Å². The molecule has 3 heteroatoms. The Morgan fingerprint density at radius 2 is 1.91 bits per heavy atom. The highest BCUT2D eigenvalue weighted by atomic mass is 19.1. The minimum atomic E-state index is -1.04. The van der Waals surface area contributed by atoms with Crippen LogP contribution in [0.1, 0.15) is 106 Å². The number of ether oxygens (including phenoxy) is 1. The van der Waals surface area contributed by atoms with E-state index in [1.165, 1.54) is 38.2 Å². The Balaban J connectivity index is 1.49. The first-order valence-electron chi connectivity index (χ1n) is 13.2. The second-order valence-corrected chi connectivity index (χ2v) is 12.7. The first-order chi connectivity index (χ1) is 14.9. The van der Waals surface area contributed by atoms with Crippen LogP contribution in [0.3, 0.4) is 0 Å². The number of esters is 1. The predicted molar refractivity (Wildman–Crippen MR) is 129 cm³/mol. The second kappa shape index (κ2) is 8.58. The van der Waals surface area contributed by atoms with Gasteiger partial charge in [0.05, 0.1) is 0 Å². The lowest BCUT2D eigenvalue weighted by Gasteiger charge is -2.55. The summed E-state index contributed by atoms with van der Waals surface area (Å²) in [7, 11) is 0. The van der Waals surface area contributed by atoms with Crippen LogP contribution in [-0.2, 0) is 9.53 Å². The van der Waals surface area contributed by atoms with E-state index in [-0.39, 0.29) is 17.5 Å². The molecule has 32 heavy (non-hydrogen) atoms.